The summed E-state index contributed by atoms with van der Waals surface area (Å²) in [6.45, 7) is 0. The molecule has 0 fully saturated rings. The molecule has 0 unspecified atom stereocenters. The average molecular weight is 332 g/mol. The minimum Gasteiger partial charge on any atom is -0.497 e. The highest BCUT2D eigenvalue weighted by molar-refractivity contribution is 6.26. The second-order valence-electron chi connectivity index (χ2n) is 6.69. The fourth-order valence-corrected chi connectivity index (χ4v) is 4.28. The van der Waals surface area contributed by atoms with Gasteiger partial charge in [-0.1, -0.05) is 30.3 Å². The number of carbonyl (C=O) groups is 2. The van der Waals surface area contributed by atoms with E-state index in [0.717, 1.165) is 29.7 Å². The van der Waals surface area contributed by atoms with E-state index in [1.807, 2.05) is 18.2 Å². The molecular weight excluding hydrogens is 316 g/mol. The molecule has 0 saturated carbocycles. The lowest BCUT2D eigenvalue weighted by molar-refractivity contribution is 0.0751. The average Bonchev–Trinajstić information content (AvgIpc) is 3.06. The first-order valence-corrected chi connectivity index (χ1v) is 8.45. The summed E-state index contributed by atoms with van der Waals surface area (Å²) in [5, 5.41) is 0. The highest BCUT2D eigenvalue weighted by atomic mass is 16.5. The number of rotatable bonds is 1. The summed E-state index contributed by atoms with van der Waals surface area (Å²) in [6, 6.07) is 12.9. The van der Waals surface area contributed by atoms with Gasteiger partial charge in [-0.05, 0) is 36.1 Å². The van der Waals surface area contributed by atoms with E-state index in [0.29, 0.717) is 16.7 Å². The molecule has 2 aromatic carbocycles. The molecule has 2 aromatic rings. The Kier molecular flexibility index (Phi) is 2.93. The van der Waals surface area contributed by atoms with Crippen molar-refractivity contribution in [2.24, 2.45) is 5.92 Å². The zero-order chi connectivity index (χ0) is 17.1. The van der Waals surface area contributed by atoms with E-state index in [-0.39, 0.29) is 29.3 Å². The van der Waals surface area contributed by atoms with Gasteiger partial charge in [0.05, 0.1) is 12.7 Å². The van der Waals surface area contributed by atoms with Crippen LogP contribution in [0.3, 0.4) is 0 Å². The normalized spacial score (nSPS) is 23.4. The number of hydrogen-bond donors (Lipinski definition) is 0. The van der Waals surface area contributed by atoms with Gasteiger partial charge in [-0.25, -0.2) is 0 Å². The number of fused-ring (bicyclic) bond motifs is 5. The van der Waals surface area contributed by atoms with Gasteiger partial charge in [0, 0.05) is 17.0 Å². The number of Topliss-reactive ketones (excluding diaryl/α,β-unsaturated/α-hetero) is 2. The third-order valence-corrected chi connectivity index (χ3v) is 5.47. The van der Waals surface area contributed by atoms with Crippen molar-refractivity contribution >= 4 is 11.6 Å². The van der Waals surface area contributed by atoms with E-state index in [4.69, 9.17) is 9.47 Å². The van der Waals surface area contributed by atoms with Gasteiger partial charge in [-0.15, -0.1) is 0 Å². The SMILES string of the molecule is COc1ccc2c(c1)CC[C@H]1C3=C(O[C@@H]21)C(=O)c1ccccc1C3=O. The Morgan fingerprint density at radius 1 is 1.04 bits per heavy atom. The van der Waals surface area contributed by atoms with Crippen LogP contribution in [0.25, 0.3) is 0 Å². The Morgan fingerprint density at radius 3 is 2.56 bits per heavy atom. The van der Waals surface area contributed by atoms with Crippen LogP contribution in [0, 0.1) is 5.92 Å². The fraction of sp³-hybridized carbons (Fsp3) is 0.238. The Balaban J connectivity index is 1.60. The molecule has 4 nitrogen and oxygen atoms in total. The Labute approximate surface area is 145 Å². The highest BCUT2D eigenvalue weighted by Gasteiger charge is 2.48. The van der Waals surface area contributed by atoms with Crippen LogP contribution in [0.1, 0.15) is 44.4 Å². The van der Waals surface area contributed by atoms with Gasteiger partial charge in [0.1, 0.15) is 11.9 Å². The van der Waals surface area contributed by atoms with Crippen LogP contribution in [-0.4, -0.2) is 18.7 Å². The van der Waals surface area contributed by atoms with Gasteiger partial charge in [0.15, 0.2) is 11.5 Å². The molecule has 0 radical (unpaired) electrons. The lowest BCUT2D eigenvalue weighted by atomic mass is 9.75. The molecule has 2 aliphatic carbocycles. The molecule has 0 bridgehead atoms. The number of benzene rings is 2. The number of ether oxygens (including phenoxy) is 2. The molecule has 0 aromatic heterocycles. The predicted octanol–water partition coefficient (Wildman–Crippen LogP) is 3.66. The molecule has 1 aliphatic heterocycles. The fourth-order valence-electron chi connectivity index (χ4n) is 4.28. The molecule has 124 valence electrons. The molecule has 0 amide bonds. The predicted molar refractivity (Wildman–Crippen MR) is 90.8 cm³/mol. The summed E-state index contributed by atoms with van der Waals surface area (Å²) in [5.74, 6) is 0.778. The van der Waals surface area contributed by atoms with E-state index in [1.54, 1.807) is 31.4 Å². The van der Waals surface area contributed by atoms with Crippen LogP contribution in [-0.2, 0) is 11.2 Å². The van der Waals surface area contributed by atoms with Crippen LogP contribution in [0.2, 0.25) is 0 Å². The highest BCUT2D eigenvalue weighted by Crippen LogP contribution is 2.51. The first kappa shape index (κ1) is 14.5. The van der Waals surface area contributed by atoms with Crippen molar-refractivity contribution in [2.75, 3.05) is 7.11 Å². The molecule has 4 heteroatoms. The first-order chi connectivity index (χ1) is 12.2. The minimum absolute atomic E-state index is 0.0549. The summed E-state index contributed by atoms with van der Waals surface area (Å²) < 4.78 is 11.4. The first-order valence-electron chi connectivity index (χ1n) is 8.45. The minimum atomic E-state index is -0.262. The van der Waals surface area contributed by atoms with Crippen molar-refractivity contribution in [3.05, 3.63) is 76.1 Å². The summed E-state index contributed by atoms with van der Waals surface area (Å²) in [7, 11) is 1.65. The maximum atomic E-state index is 13.0. The number of allylic oxidation sites excluding steroid dienone is 1. The standard InChI is InChI=1S/C21H16O4/c1-24-12-7-9-13-11(10-12)6-8-16-17-18(22)14-4-2-3-5-15(14)19(23)21(17)25-20(13)16/h2-5,7,9-10,16,20H,6,8H2,1H3/t16-,20-/m0/s1. The smallest absolute Gasteiger partial charge is 0.228 e. The maximum Gasteiger partial charge on any atom is 0.228 e. The summed E-state index contributed by atoms with van der Waals surface area (Å²) >= 11 is 0. The maximum absolute atomic E-state index is 13.0. The quantitative estimate of drug-likeness (QED) is 0.800. The molecule has 25 heavy (non-hydrogen) atoms. The van der Waals surface area contributed by atoms with Crippen molar-refractivity contribution in [3.63, 3.8) is 0 Å². The van der Waals surface area contributed by atoms with Gasteiger partial charge in [-0.2, -0.15) is 0 Å². The lowest BCUT2D eigenvalue weighted by Crippen LogP contribution is -2.24. The third-order valence-electron chi connectivity index (χ3n) is 5.47. The number of methoxy groups -OCH3 is 1. The summed E-state index contributed by atoms with van der Waals surface area (Å²) in [6.07, 6.45) is 1.38. The zero-order valence-corrected chi connectivity index (χ0v) is 13.7. The monoisotopic (exact) mass is 332 g/mol. The number of ketones is 2. The van der Waals surface area contributed by atoms with Crippen molar-refractivity contribution in [3.8, 4) is 5.75 Å². The van der Waals surface area contributed by atoms with E-state index in [9.17, 15) is 9.59 Å². The molecule has 3 aliphatic rings. The van der Waals surface area contributed by atoms with Crippen LogP contribution < -0.4 is 4.74 Å². The molecule has 5 rings (SSSR count). The van der Waals surface area contributed by atoms with Gasteiger partial charge >= 0.3 is 0 Å². The van der Waals surface area contributed by atoms with Crippen LogP contribution >= 0.6 is 0 Å². The van der Waals surface area contributed by atoms with Gasteiger partial charge in [-0.3, -0.25) is 9.59 Å². The molecule has 2 atom stereocenters. The number of aryl methyl sites for hydroxylation is 1. The van der Waals surface area contributed by atoms with Crippen molar-refractivity contribution in [1.82, 2.24) is 0 Å². The molecule has 1 heterocycles. The summed E-state index contributed by atoms with van der Waals surface area (Å²) in [5.41, 5.74) is 3.72. The largest absolute Gasteiger partial charge is 0.497 e. The molecular formula is C21H16O4. The second-order valence-corrected chi connectivity index (χ2v) is 6.69. The number of hydrogen-bond acceptors (Lipinski definition) is 4. The Bertz CT molecular complexity index is 970. The van der Waals surface area contributed by atoms with Crippen molar-refractivity contribution in [2.45, 2.75) is 18.9 Å². The Morgan fingerprint density at radius 2 is 1.80 bits per heavy atom. The summed E-state index contributed by atoms with van der Waals surface area (Å²) in [4.78, 5) is 25.8. The van der Waals surface area contributed by atoms with Gasteiger partial charge in [0.2, 0.25) is 5.78 Å². The zero-order valence-electron chi connectivity index (χ0n) is 13.7. The Hall–Kier alpha value is -2.88. The van der Waals surface area contributed by atoms with Crippen molar-refractivity contribution in [1.29, 1.82) is 0 Å². The lowest BCUT2D eigenvalue weighted by Gasteiger charge is -2.28. The number of carbonyl (C=O) groups excluding carboxylic acids is 2. The second kappa shape index (κ2) is 5.06. The molecule has 0 saturated heterocycles. The van der Waals surface area contributed by atoms with E-state index < -0.39 is 0 Å². The van der Waals surface area contributed by atoms with E-state index >= 15 is 0 Å². The molecule has 0 spiro atoms. The molecule has 0 N–H and O–H groups in total. The van der Waals surface area contributed by atoms with E-state index in [1.165, 1.54) is 0 Å². The topological polar surface area (TPSA) is 52.6 Å². The van der Waals surface area contributed by atoms with Crippen molar-refractivity contribution < 1.29 is 19.1 Å². The third kappa shape index (κ3) is 1.88. The van der Waals surface area contributed by atoms with Gasteiger partial charge < -0.3 is 9.47 Å². The van der Waals surface area contributed by atoms with Crippen LogP contribution in [0.5, 0.6) is 5.75 Å². The van der Waals surface area contributed by atoms with Crippen LogP contribution in [0.4, 0.5) is 0 Å². The van der Waals surface area contributed by atoms with Gasteiger partial charge in [0.25, 0.3) is 0 Å². The van der Waals surface area contributed by atoms with Crippen LogP contribution in [0.15, 0.2) is 53.8 Å². The van der Waals surface area contributed by atoms with E-state index in [2.05, 4.69) is 0 Å².